The molecule has 0 unspecified atom stereocenters. The summed E-state index contributed by atoms with van der Waals surface area (Å²) in [5.74, 6) is -0.329. The summed E-state index contributed by atoms with van der Waals surface area (Å²) in [6.45, 7) is 5.84. The first kappa shape index (κ1) is 14.0. The zero-order chi connectivity index (χ0) is 13.7. The minimum Gasteiger partial charge on any atom is -0.326 e. The van der Waals surface area contributed by atoms with Gasteiger partial charge < -0.3 is 10.6 Å². The predicted molar refractivity (Wildman–Crippen MR) is 73.6 cm³/mol. The van der Waals surface area contributed by atoms with Crippen molar-refractivity contribution in [3.05, 3.63) is 30.1 Å². The predicted octanol–water partition coefficient (Wildman–Crippen LogP) is 1.45. The Hall–Kier alpha value is -1.46. The summed E-state index contributed by atoms with van der Waals surface area (Å²) in [5, 5.41) is 6.10. The molecule has 0 saturated carbocycles. The van der Waals surface area contributed by atoms with Crippen molar-refractivity contribution < 1.29 is 9.18 Å². The molecule has 0 aromatic heterocycles. The number of nitrogens with one attached hydrogen (secondary N) is 2. The number of hydrogen-bond donors (Lipinski definition) is 2. The van der Waals surface area contributed by atoms with Gasteiger partial charge in [-0.3, -0.25) is 9.69 Å². The topological polar surface area (TPSA) is 44.4 Å². The third-order valence-corrected chi connectivity index (χ3v) is 3.39. The summed E-state index contributed by atoms with van der Waals surface area (Å²) in [5.41, 5.74) is 0.639. The van der Waals surface area contributed by atoms with Crippen LogP contribution in [0.1, 0.15) is 13.3 Å². The highest BCUT2D eigenvalue weighted by Crippen LogP contribution is 2.09. The average molecular weight is 265 g/mol. The zero-order valence-corrected chi connectivity index (χ0v) is 11.2. The Morgan fingerprint density at radius 1 is 1.47 bits per heavy atom. The van der Waals surface area contributed by atoms with Gasteiger partial charge in [0.05, 0.1) is 0 Å². The van der Waals surface area contributed by atoms with Crippen LogP contribution < -0.4 is 10.6 Å². The van der Waals surface area contributed by atoms with Gasteiger partial charge in [-0.15, -0.1) is 0 Å². The van der Waals surface area contributed by atoms with Crippen LogP contribution in [0.3, 0.4) is 0 Å². The quantitative estimate of drug-likeness (QED) is 0.866. The Morgan fingerprint density at radius 3 is 2.89 bits per heavy atom. The van der Waals surface area contributed by atoms with Crippen LogP contribution in [0.2, 0.25) is 0 Å². The molecule has 1 heterocycles. The minimum atomic E-state index is -0.298. The van der Waals surface area contributed by atoms with Gasteiger partial charge >= 0.3 is 0 Å². The van der Waals surface area contributed by atoms with Crippen molar-refractivity contribution in [2.45, 2.75) is 19.4 Å². The maximum Gasteiger partial charge on any atom is 0.225 e. The van der Waals surface area contributed by atoms with E-state index in [0.717, 1.165) is 26.2 Å². The Morgan fingerprint density at radius 2 is 2.21 bits per heavy atom. The molecule has 1 fully saturated rings. The Bertz CT molecular complexity index is 421. The molecule has 0 bridgehead atoms. The van der Waals surface area contributed by atoms with Crippen molar-refractivity contribution in [2.24, 2.45) is 0 Å². The number of rotatable bonds is 4. The molecule has 0 radical (unpaired) electrons. The van der Waals surface area contributed by atoms with E-state index in [9.17, 15) is 9.18 Å². The fraction of sp³-hybridized carbons (Fsp3) is 0.500. The summed E-state index contributed by atoms with van der Waals surface area (Å²) < 4.78 is 12.7. The van der Waals surface area contributed by atoms with Crippen LogP contribution >= 0.6 is 0 Å². The van der Waals surface area contributed by atoms with E-state index in [4.69, 9.17) is 0 Å². The molecule has 1 aromatic carbocycles. The molecule has 5 heteroatoms. The highest BCUT2D eigenvalue weighted by Gasteiger charge is 2.18. The first-order valence-electron chi connectivity index (χ1n) is 6.65. The van der Waals surface area contributed by atoms with E-state index in [1.54, 1.807) is 12.1 Å². The van der Waals surface area contributed by atoms with Crippen LogP contribution in [0.15, 0.2) is 24.3 Å². The number of anilines is 1. The Balaban J connectivity index is 1.76. The maximum atomic E-state index is 12.7. The smallest absolute Gasteiger partial charge is 0.225 e. The van der Waals surface area contributed by atoms with Crippen LogP contribution in [0.4, 0.5) is 10.1 Å². The number of hydrogen-bond acceptors (Lipinski definition) is 3. The molecule has 104 valence electrons. The summed E-state index contributed by atoms with van der Waals surface area (Å²) in [7, 11) is 0. The monoisotopic (exact) mass is 265 g/mol. The molecule has 0 spiro atoms. The number of carbonyl (C=O) groups is 1. The van der Waals surface area contributed by atoms with Crippen LogP contribution in [0.5, 0.6) is 0 Å². The molecule has 1 aliphatic heterocycles. The Labute approximate surface area is 113 Å². The van der Waals surface area contributed by atoms with Crippen molar-refractivity contribution in [3.63, 3.8) is 0 Å². The molecule has 2 rings (SSSR count). The van der Waals surface area contributed by atoms with Gasteiger partial charge in [0.1, 0.15) is 5.82 Å². The standard InChI is InChI=1S/C14H20FN3O/c1-11-10-16-7-9-18(11)8-6-14(19)17-13-4-2-12(15)3-5-13/h2-5,11,16H,6-10H2,1H3,(H,17,19)/t11-/m1/s1. The highest BCUT2D eigenvalue weighted by molar-refractivity contribution is 5.90. The maximum absolute atomic E-state index is 12.7. The minimum absolute atomic E-state index is 0.0302. The van der Waals surface area contributed by atoms with Crippen molar-refractivity contribution >= 4 is 11.6 Å². The average Bonchev–Trinajstić information content (AvgIpc) is 2.40. The Kier molecular flexibility index (Phi) is 4.87. The molecule has 1 amide bonds. The van der Waals surface area contributed by atoms with Gasteiger partial charge in [0.25, 0.3) is 0 Å². The van der Waals surface area contributed by atoms with Gasteiger partial charge in [0.15, 0.2) is 0 Å². The normalized spacial score (nSPS) is 20.2. The number of amides is 1. The molecule has 0 aliphatic carbocycles. The molecular weight excluding hydrogens is 245 g/mol. The second kappa shape index (κ2) is 6.63. The molecular formula is C14H20FN3O. The molecule has 1 aliphatic rings. The van der Waals surface area contributed by atoms with Gasteiger partial charge in [0.2, 0.25) is 5.91 Å². The van der Waals surface area contributed by atoms with E-state index in [0.29, 0.717) is 18.2 Å². The molecule has 1 aromatic rings. The van der Waals surface area contributed by atoms with E-state index in [-0.39, 0.29) is 11.7 Å². The van der Waals surface area contributed by atoms with Crippen LogP contribution in [0, 0.1) is 5.82 Å². The zero-order valence-electron chi connectivity index (χ0n) is 11.2. The van der Waals surface area contributed by atoms with Gasteiger partial charge in [-0.1, -0.05) is 0 Å². The van der Waals surface area contributed by atoms with E-state index < -0.39 is 0 Å². The number of piperazine rings is 1. The van der Waals surface area contributed by atoms with E-state index >= 15 is 0 Å². The summed E-state index contributed by atoms with van der Waals surface area (Å²) >= 11 is 0. The second-order valence-electron chi connectivity index (χ2n) is 4.89. The number of nitrogens with zero attached hydrogens (tertiary/aromatic N) is 1. The van der Waals surface area contributed by atoms with Crippen molar-refractivity contribution in [1.82, 2.24) is 10.2 Å². The van der Waals surface area contributed by atoms with E-state index in [2.05, 4.69) is 22.5 Å². The molecule has 2 N–H and O–H groups in total. The molecule has 4 nitrogen and oxygen atoms in total. The van der Waals surface area contributed by atoms with Gasteiger partial charge in [0, 0.05) is 44.3 Å². The lowest BCUT2D eigenvalue weighted by Crippen LogP contribution is -2.50. The van der Waals surface area contributed by atoms with Gasteiger partial charge in [-0.25, -0.2) is 4.39 Å². The number of halogens is 1. The lowest BCUT2D eigenvalue weighted by molar-refractivity contribution is -0.116. The van der Waals surface area contributed by atoms with Crippen molar-refractivity contribution in [1.29, 1.82) is 0 Å². The summed E-state index contributed by atoms with van der Waals surface area (Å²) in [4.78, 5) is 14.1. The summed E-state index contributed by atoms with van der Waals surface area (Å²) in [6, 6.07) is 6.29. The fourth-order valence-electron chi connectivity index (χ4n) is 2.22. The van der Waals surface area contributed by atoms with Crippen LogP contribution in [-0.2, 0) is 4.79 Å². The van der Waals surface area contributed by atoms with Crippen molar-refractivity contribution in [3.8, 4) is 0 Å². The summed E-state index contributed by atoms with van der Waals surface area (Å²) in [6.07, 6.45) is 0.460. The SMILES string of the molecule is C[C@@H]1CNCCN1CCC(=O)Nc1ccc(F)cc1. The van der Waals surface area contributed by atoms with Gasteiger partial charge in [-0.2, -0.15) is 0 Å². The number of carbonyl (C=O) groups excluding carboxylic acids is 1. The first-order valence-corrected chi connectivity index (χ1v) is 6.65. The molecule has 1 saturated heterocycles. The second-order valence-corrected chi connectivity index (χ2v) is 4.89. The largest absolute Gasteiger partial charge is 0.326 e. The fourth-order valence-corrected chi connectivity index (χ4v) is 2.22. The van der Waals surface area contributed by atoms with Crippen LogP contribution in [0.25, 0.3) is 0 Å². The lowest BCUT2D eigenvalue weighted by atomic mass is 10.2. The van der Waals surface area contributed by atoms with E-state index in [1.807, 2.05) is 0 Å². The molecule has 1 atom stereocenters. The molecule has 19 heavy (non-hydrogen) atoms. The van der Waals surface area contributed by atoms with Crippen molar-refractivity contribution in [2.75, 3.05) is 31.5 Å². The lowest BCUT2D eigenvalue weighted by Gasteiger charge is -2.33. The van der Waals surface area contributed by atoms with Gasteiger partial charge in [-0.05, 0) is 31.2 Å². The first-order chi connectivity index (χ1) is 9.15. The van der Waals surface area contributed by atoms with Crippen LogP contribution in [-0.4, -0.2) is 43.0 Å². The number of benzene rings is 1. The third kappa shape index (κ3) is 4.29. The third-order valence-electron chi connectivity index (χ3n) is 3.39. The highest BCUT2D eigenvalue weighted by atomic mass is 19.1. The van der Waals surface area contributed by atoms with E-state index in [1.165, 1.54) is 12.1 Å².